The lowest BCUT2D eigenvalue weighted by Gasteiger charge is -2.11. The first-order valence-electron chi connectivity index (χ1n) is 5.92. The summed E-state index contributed by atoms with van der Waals surface area (Å²) >= 11 is 0. The van der Waals surface area contributed by atoms with Crippen molar-refractivity contribution in [3.8, 4) is 5.75 Å². The first-order valence-corrected chi connectivity index (χ1v) is 5.92. The quantitative estimate of drug-likeness (QED) is 0.932. The Hall–Kier alpha value is -2.43. The maximum absolute atomic E-state index is 13.5. The van der Waals surface area contributed by atoms with Gasteiger partial charge >= 0.3 is 0 Å². The summed E-state index contributed by atoms with van der Waals surface area (Å²) in [5.74, 6) is -1.74. The smallest absolute Gasteiger partial charge is 0.258 e. The third-order valence-electron chi connectivity index (χ3n) is 2.78. The Morgan fingerprint density at radius 3 is 2.60 bits per heavy atom. The van der Waals surface area contributed by atoms with Crippen LogP contribution in [0.3, 0.4) is 0 Å². The molecular formula is C15H13F2NO2. The van der Waals surface area contributed by atoms with Crippen molar-refractivity contribution in [1.82, 2.24) is 0 Å². The van der Waals surface area contributed by atoms with Crippen molar-refractivity contribution in [3.63, 3.8) is 0 Å². The van der Waals surface area contributed by atoms with Gasteiger partial charge in [-0.3, -0.25) is 4.79 Å². The van der Waals surface area contributed by atoms with Crippen molar-refractivity contribution in [3.05, 3.63) is 59.2 Å². The summed E-state index contributed by atoms with van der Waals surface area (Å²) < 4.78 is 31.7. The number of rotatable bonds is 3. The fraction of sp³-hybridized carbons (Fsp3) is 0.133. The second-order valence-corrected chi connectivity index (χ2v) is 4.28. The van der Waals surface area contributed by atoms with Crippen LogP contribution in [-0.2, 0) is 0 Å². The summed E-state index contributed by atoms with van der Waals surface area (Å²) in [5, 5.41) is 2.52. The van der Waals surface area contributed by atoms with Gasteiger partial charge in [-0.1, -0.05) is 6.07 Å². The highest BCUT2D eigenvalue weighted by atomic mass is 19.1. The zero-order valence-corrected chi connectivity index (χ0v) is 11.0. The topological polar surface area (TPSA) is 38.3 Å². The van der Waals surface area contributed by atoms with E-state index in [0.717, 1.165) is 23.8 Å². The van der Waals surface area contributed by atoms with Crippen LogP contribution < -0.4 is 10.1 Å². The molecule has 1 N–H and O–H groups in total. The van der Waals surface area contributed by atoms with Crippen molar-refractivity contribution in [2.24, 2.45) is 0 Å². The predicted molar refractivity (Wildman–Crippen MR) is 72.0 cm³/mol. The van der Waals surface area contributed by atoms with Crippen LogP contribution in [0, 0.1) is 18.6 Å². The van der Waals surface area contributed by atoms with Crippen molar-refractivity contribution >= 4 is 11.6 Å². The van der Waals surface area contributed by atoms with E-state index in [9.17, 15) is 13.6 Å². The second kappa shape index (κ2) is 5.69. The van der Waals surface area contributed by atoms with Gasteiger partial charge in [-0.25, -0.2) is 8.78 Å². The standard InChI is InChI=1S/C15H13F2NO2/c1-9-3-6-14(20-2)13(7-9)18-15(19)11-8-10(16)4-5-12(11)17/h3-8H,1-2H3,(H,18,19). The van der Waals surface area contributed by atoms with E-state index in [1.165, 1.54) is 7.11 Å². The average Bonchev–Trinajstić information content (AvgIpc) is 2.41. The third kappa shape index (κ3) is 2.93. The first-order chi connectivity index (χ1) is 9.51. The molecule has 20 heavy (non-hydrogen) atoms. The highest BCUT2D eigenvalue weighted by molar-refractivity contribution is 6.05. The van der Waals surface area contributed by atoms with E-state index in [1.54, 1.807) is 12.1 Å². The Kier molecular flexibility index (Phi) is 3.98. The molecule has 2 aromatic carbocycles. The summed E-state index contributed by atoms with van der Waals surface area (Å²) in [6.07, 6.45) is 0. The highest BCUT2D eigenvalue weighted by Gasteiger charge is 2.15. The van der Waals surface area contributed by atoms with E-state index in [2.05, 4.69) is 5.32 Å². The molecule has 0 aliphatic rings. The number of benzene rings is 2. The molecule has 3 nitrogen and oxygen atoms in total. The Bertz CT molecular complexity index is 656. The van der Waals surface area contributed by atoms with Crippen LogP contribution in [0.1, 0.15) is 15.9 Å². The van der Waals surface area contributed by atoms with Gasteiger partial charge in [0.1, 0.15) is 17.4 Å². The number of methoxy groups -OCH3 is 1. The molecule has 0 unspecified atom stereocenters. The Labute approximate surface area is 115 Å². The minimum absolute atomic E-state index is 0.353. The number of nitrogens with one attached hydrogen (secondary N) is 1. The van der Waals surface area contributed by atoms with Crippen LogP contribution in [0.4, 0.5) is 14.5 Å². The number of hydrogen-bond acceptors (Lipinski definition) is 2. The number of carbonyl (C=O) groups is 1. The molecule has 0 spiro atoms. The van der Waals surface area contributed by atoms with E-state index < -0.39 is 17.5 Å². The lowest BCUT2D eigenvalue weighted by molar-refractivity contribution is 0.102. The molecule has 1 amide bonds. The van der Waals surface area contributed by atoms with E-state index >= 15 is 0 Å². The molecule has 0 atom stereocenters. The average molecular weight is 277 g/mol. The van der Waals surface area contributed by atoms with Crippen LogP contribution in [0.5, 0.6) is 5.75 Å². The van der Waals surface area contributed by atoms with Crippen LogP contribution in [0.15, 0.2) is 36.4 Å². The number of halogens is 2. The monoisotopic (exact) mass is 277 g/mol. The van der Waals surface area contributed by atoms with Gasteiger partial charge < -0.3 is 10.1 Å². The lowest BCUT2D eigenvalue weighted by Crippen LogP contribution is -2.14. The largest absolute Gasteiger partial charge is 0.495 e. The molecule has 0 radical (unpaired) electrons. The fourth-order valence-corrected chi connectivity index (χ4v) is 1.78. The molecular weight excluding hydrogens is 264 g/mol. The van der Waals surface area contributed by atoms with Gasteiger partial charge in [0.25, 0.3) is 5.91 Å². The SMILES string of the molecule is COc1ccc(C)cc1NC(=O)c1cc(F)ccc1F. The maximum atomic E-state index is 13.5. The normalized spacial score (nSPS) is 10.2. The van der Waals surface area contributed by atoms with Gasteiger partial charge in [0.15, 0.2) is 0 Å². The molecule has 0 fully saturated rings. The van der Waals surface area contributed by atoms with Crippen LogP contribution >= 0.6 is 0 Å². The van der Waals surface area contributed by atoms with Crippen molar-refractivity contribution < 1.29 is 18.3 Å². The maximum Gasteiger partial charge on any atom is 0.258 e. The molecule has 104 valence electrons. The number of anilines is 1. The fourth-order valence-electron chi connectivity index (χ4n) is 1.78. The van der Waals surface area contributed by atoms with Crippen molar-refractivity contribution in [1.29, 1.82) is 0 Å². The Morgan fingerprint density at radius 1 is 1.15 bits per heavy atom. The van der Waals surface area contributed by atoms with Gasteiger partial charge in [0, 0.05) is 0 Å². The molecule has 0 aliphatic carbocycles. The van der Waals surface area contributed by atoms with Crippen molar-refractivity contribution in [2.75, 3.05) is 12.4 Å². The van der Waals surface area contributed by atoms with E-state index in [1.807, 2.05) is 13.0 Å². The Morgan fingerprint density at radius 2 is 1.90 bits per heavy atom. The third-order valence-corrected chi connectivity index (χ3v) is 2.78. The molecule has 5 heteroatoms. The van der Waals surface area contributed by atoms with E-state index in [-0.39, 0.29) is 5.56 Å². The number of aryl methyl sites for hydroxylation is 1. The minimum Gasteiger partial charge on any atom is -0.495 e. The van der Waals surface area contributed by atoms with Gasteiger partial charge in [-0.05, 0) is 42.8 Å². The number of carbonyl (C=O) groups excluding carboxylic acids is 1. The summed E-state index contributed by atoms with van der Waals surface area (Å²) in [7, 11) is 1.46. The van der Waals surface area contributed by atoms with E-state index in [0.29, 0.717) is 11.4 Å². The first kappa shape index (κ1) is 14.0. The number of amides is 1. The Balaban J connectivity index is 2.32. The van der Waals surface area contributed by atoms with Gasteiger partial charge in [-0.15, -0.1) is 0 Å². The summed E-state index contributed by atoms with van der Waals surface area (Å²) in [6, 6.07) is 7.92. The molecule has 0 bridgehead atoms. The van der Waals surface area contributed by atoms with Gasteiger partial charge in [0.05, 0.1) is 18.4 Å². The zero-order chi connectivity index (χ0) is 14.7. The summed E-state index contributed by atoms with van der Waals surface area (Å²) in [6.45, 7) is 1.85. The molecule has 0 saturated carbocycles. The molecule has 2 rings (SSSR count). The molecule has 2 aromatic rings. The van der Waals surface area contributed by atoms with Gasteiger partial charge in [-0.2, -0.15) is 0 Å². The molecule has 0 aliphatic heterocycles. The number of ether oxygens (including phenoxy) is 1. The molecule has 0 heterocycles. The number of hydrogen-bond donors (Lipinski definition) is 1. The van der Waals surface area contributed by atoms with E-state index in [4.69, 9.17) is 4.74 Å². The van der Waals surface area contributed by atoms with Crippen LogP contribution in [0.2, 0.25) is 0 Å². The zero-order valence-electron chi connectivity index (χ0n) is 11.0. The second-order valence-electron chi connectivity index (χ2n) is 4.28. The van der Waals surface area contributed by atoms with Gasteiger partial charge in [0.2, 0.25) is 0 Å². The van der Waals surface area contributed by atoms with Crippen LogP contribution in [0.25, 0.3) is 0 Å². The lowest BCUT2D eigenvalue weighted by atomic mass is 10.1. The van der Waals surface area contributed by atoms with Crippen LogP contribution in [-0.4, -0.2) is 13.0 Å². The predicted octanol–water partition coefficient (Wildman–Crippen LogP) is 3.53. The highest BCUT2D eigenvalue weighted by Crippen LogP contribution is 2.26. The summed E-state index contributed by atoms with van der Waals surface area (Å²) in [4.78, 5) is 12.0. The van der Waals surface area contributed by atoms with Crippen molar-refractivity contribution in [2.45, 2.75) is 6.92 Å². The molecule has 0 saturated heterocycles. The summed E-state index contributed by atoms with van der Waals surface area (Å²) in [5.41, 5.74) is 0.954. The minimum atomic E-state index is -0.782. The molecule has 0 aromatic heterocycles.